The third-order valence-electron chi connectivity index (χ3n) is 2.07. The minimum Gasteiger partial charge on any atom is -0.352 e. The van der Waals surface area contributed by atoms with Crippen molar-refractivity contribution in [2.75, 3.05) is 6.54 Å². The van der Waals surface area contributed by atoms with Gasteiger partial charge in [-0.3, -0.25) is 4.79 Å². The van der Waals surface area contributed by atoms with E-state index in [1.54, 1.807) is 6.08 Å². The number of carbonyl (C=O) groups excluding carboxylic acids is 1. The first-order valence-electron chi connectivity index (χ1n) is 6.42. The van der Waals surface area contributed by atoms with E-state index in [1.165, 1.54) is 0 Å². The normalized spacial score (nSPS) is 12.2. The van der Waals surface area contributed by atoms with Gasteiger partial charge in [0.1, 0.15) is 0 Å². The smallest absolute Gasteiger partial charge is 0.243 e. The van der Waals surface area contributed by atoms with Crippen molar-refractivity contribution in [3.8, 4) is 0 Å². The minimum atomic E-state index is 0.00792. The fourth-order valence-corrected chi connectivity index (χ4v) is 1.14. The molecule has 0 fully saturated rings. The third kappa shape index (κ3) is 12.6. The van der Waals surface area contributed by atoms with E-state index in [0.29, 0.717) is 5.92 Å². The van der Waals surface area contributed by atoms with Crippen LogP contribution in [0, 0.1) is 5.92 Å². The molecule has 0 unspecified atom stereocenters. The molecule has 0 aromatic rings. The molecule has 0 bridgehead atoms. The predicted octanol–water partition coefficient (Wildman–Crippen LogP) is 3.62. The zero-order valence-corrected chi connectivity index (χ0v) is 11.3. The molecule has 0 rings (SSSR count). The van der Waals surface area contributed by atoms with Crippen molar-refractivity contribution in [1.82, 2.24) is 5.32 Å². The van der Waals surface area contributed by atoms with Gasteiger partial charge < -0.3 is 5.32 Å². The average molecular weight is 235 g/mol. The Hall–Kier alpha value is -1.31. The van der Waals surface area contributed by atoms with Gasteiger partial charge in [-0.05, 0) is 31.3 Å². The fourth-order valence-electron chi connectivity index (χ4n) is 1.14. The number of unbranched alkanes of at least 4 members (excludes halogenated alkanes) is 1. The highest BCUT2D eigenvalue weighted by Gasteiger charge is 1.96. The topological polar surface area (TPSA) is 29.1 Å². The Morgan fingerprint density at radius 2 is 1.76 bits per heavy atom. The Morgan fingerprint density at radius 1 is 1.12 bits per heavy atom. The molecule has 1 N–H and O–H groups in total. The molecule has 0 aromatic heterocycles. The molecule has 0 aliphatic carbocycles. The molecule has 0 spiro atoms. The van der Waals surface area contributed by atoms with Gasteiger partial charge >= 0.3 is 0 Å². The average Bonchev–Trinajstić information content (AvgIpc) is 2.30. The summed E-state index contributed by atoms with van der Waals surface area (Å²) in [7, 11) is 0. The maximum atomic E-state index is 11.3. The number of rotatable bonds is 8. The van der Waals surface area contributed by atoms with Crippen LogP contribution in [0.25, 0.3) is 0 Å². The van der Waals surface area contributed by atoms with Gasteiger partial charge in [0, 0.05) is 6.54 Å². The molecule has 0 aliphatic rings. The standard InChI is InChI=1S/C15H25NO/c1-4-5-6-7-8-9-10-11-12-15(17)16-13-14(2)3/h5-8,11-12,14H,4,9-10,13H2,1-3H3,(H,16,17)/b6-5+,8-7-,12-11+. The molecule has 0 aromatic carbocycles. The van der Waals surface area contributed by atoms with Crippen molar-refractivity contribution in [1.29, 1.82) is 0 Å². The van der Waals surface area contributed by atoms with Gasteiger partial charge in [-0.1, -0.05) is 51.2 Å². The van der Waals surface area contributed by atoms with Crippen LogP contribution in [-0.2, 0) is 4.79 Å². The van der Waals surface area contributed by atoms with E-state index in [1.807, 2.05) is 6.08 Å². The SMILES string of the molecule is CC/C=C/C=C\CC/C=C/C(=O)NCC(C)C. The van der Waals surface area contributed by atoms with Crippen LogP contribution in [0.2, 0.25) is 0 Å². The van der Waals surface area contributed by atoms with Gasteiger partial charge in [-0.25, -0.2) is 0 Å². The summed E-state index contributed by atoms with van der Waals surface area (Å²) in [6, 6.07) is 0. The molecule has 0 saturated heterocycles. The first kappa shape index (κ1) is 15.7. The van der Waals surface area contributed by atoms with Gasteiger partial charge in [-0.15, -0.1) is 0 Å². The van der Waals surface area contributed by atoms with Gasteiger partial charge in [-0.2, -0.15) is 0 Å². The third-order valence-corrected chi connectivity index (χ3v) is 2.07. The summed E-state index contributed by atoms with van der Waals surface area (Å²) in [5.74, 6) is 0.509. The lowest BCUT2D eigenvalue weighted by molar-refractivity contribution is -0.116. The quantitative estimate of drug-likeness (QED) is 0.388. The highest BCUT2D eigenvalue weighted by molar-refractivity contribution is 5.87. The second-order valence-corrected chi connectivity index (χ2v) is 4.38. The van der Waals surface area contributed by atoms with Crippen molar-refractivity contribution in [2.24, 2.45) is 5.92 Å². The number of allylic oxidation sites excluding steroid dienone is 5. The van der Waals surface area contributed by atoms with Gasteiger partial charge in [0.05, 0.1) is 0 Å². The molecule has 0 saturated carbocycles. The van der Waals surface area contributed by atoms with Crippen LogP contribution < -0.4 is 5.32 Å². The van der Waals surface area contributed by atoms with E-state index in [0.717, 1.165) is 25.8 Å². The summed E-state index contributed by atoms with van der Waals surface area (Å²) in [5.41, 5.74) is 0. The number of hydrogen-bond donors (Lipinski definition) is 1. The van der Waals surface area contributed by atoms with E-state index in [4.69, 9.17) is 0 Å². The molecule has 2 nitrogen and oxygen atoms in total. The first-order valence-corrected chi connectivity index (χ1v) is 6.42. The fraction of sp³-hybridized carbons (Fsp3) is 0.533. The van der Waals surface area contributed by atoms with Crippen LogP contribution in [0.3, 0.4) is 0 Å². The monoisotopic (exact) mass is 235 g/mol. The van der Waals surface area contributed by atoms with E-state index in [2.05, 4.69) is 50.4 Å². The molecule has 0 aliphatic heterocycles. The second kappa shape index (κ2) is 11.2. The van der Waals surface area contributed by atoms with Crippen LogP contribution in [0.5, 0.6) is 0 Å². The minimum absolute atomic E-state index is 0.00792. The van der Waals surface area contributed by atoms with Crippen LogP contribution in [0.1, 0.15) is 40.0 Å². The summed E-state index contributed by atoms with van der Waals surface area (Å²) in [6.45, 7) is 7.02. The second-order valence-electron chi connectivity index (χ2n) is 4.38. The van der Waals surface area contributed by atoms with Crippen LogP contribution in [0.4, 0.5) is 0 Å². The number of carbonyl (C=O) groups is 1. The lowest BCUT2D eigenvalue weighted by atomic mass is 10.2. The molecule has 0 heterocycles. The molecule has 2 heteroatoms. The first-order chi connectivity index (χ1) is 8.16. The Morgan fingerprint density at radius 3 is 2.41 bits per heavy atom. The van der Waals surface area contributed by atoms with E-state index in [9.17, 15) is 4.79 Å². The van der Waals surface area contributed by atoms with E-state index in [-0.39, 0.29) is 5.91 Å². The summed E-state index contributed by atoms with van der Waals surface area (Å²) in [6.07, 6.45) is 14.8. The Labute approximate surface area is 105 Å². The Kier molecular flexibility index (Phi) is 10.3. The van der Waals surface area contributed by atoms with Crippen molar-refractivity contribution < 1.29 is 4.79 Å². The van der Waals surface area contributed by atoms with Crippen LogP contribution in [-0.4, -0.2) is 12.5 Å². The maximum absolute atomic E-state index is 11.3. The number of amides is 1. The number of hydrogen-bond acceptors (Lipinski definition) is 1. The molecule has 17 heavy (non-hydrogen) atoms. The van der Waals surface area contributed by atoms with Gasteiger partial charge in [0.25, 0.3) is 0 Å². The van der Waals surface area contributed by atoms with Crippen LogP contribution in [0.15, 0.2) is 36.5 Å². The molecule has 0 atom stereocenters. The van der Waals surface area contributed by atoms with Crippen LogP contribution >= 0.6 is 0 Å². The summed E-state index contributed by atoms with van der Waals surface area (Å²) >= 11 is 0. The van der Waals surface area contributed by atoms with Crippen molar-refractivity contribution in [2.45, 2.75) is 40.0 Å². The largest absolute Gasteiger partial charge is 0.352 e. The number of nitrogens with one attached hydrogen (secondary N) is 1. The zero-order valence-electron chi connectivity index (χ0n) is 11.3. The van der Waals surface area contributed by atoms with Crippen molar-refractivity contribution in [3.63, 3.8) is 0 Å². The zero-order chi connectivity index (χ0) is 12.9. The lowest BCUT2D eigenvalue weighted by Gasteiger charge is -2.03. The highest BCUT2D eigenvalue weighted by atomic mass is 16.1. The highest BCUT2D eigenvalue weighted by Crippen LogP contribution is 1.94. The van der Waals surface area contributed by atoms with Crippen molar-refractivity contribution >= 4 is 5.91 Å². The molecule has 0 radical (unpaired) electrons. The Bertz CT molecular complexity index is 275. The summed E-state index contributed by atoms with van der Waals surface area (Å²) in [5, 5.41) is 2.85. The predicted molar refractivity (Wildman–Crippen MR) is 74.8 cm³/mol. The summed E-state index contributed by atoms with van der Waals surface area (Å²) < 4.78 is 0. The van der Waals surface area contributed by atoms with Crippen molar-refractivity contribution in [3.05, 3.63) is 36.5 Å². The summed E-state index contributed by atoms with van der Waals surface area (Å²) in [4.78, 5) is 11.3. The molecule has 1 amide bonds. The lowest BCUT2D eigenvalue weighted by Crippen LogP contribution is -2.25. The molecular weight excluding hydrogens is 210 g/mol. The van der Waals surface area contributed by atoms with E-state index < -0.39 is 0 Å². The molecular formula is C15H25NO. The van der Waals surface area contributed by atoms with Gasteiger partial charge in [0.15, 0.2) is 0 Å². The molecule has 96 valence electrons. The van der Waals surface area contributed by atoms with E-state index >= 15 is 0 Å². The van der Waals surface area contributed by atoms with Gasteiger partial charge in [0.2, 0.25) is 5.91 Å². The Balaban J connectivity index is 3.56. The maximum Gasteiger partial charge on any atom is 0.243 e.